The van der Waals surface area contributed by atoms with Crippen molar-refractivity contribution in [1.82, 2.24) is 0 Å². The van der Waals surface area contributed by atoms with Gasteiger partial charge in [-0.15, -0.1) is 0 Å². The van der Waals surface area contributed by atoms with E-state index in [4.69, 9.17) is 0 Å². The second-order valence-corrected chi connectivity index (χ2v) is 3.95. The van der Waals surface area contributed by atoms with Crippen LogP contribution >= 0.6 is 0 Å². The van der Waals surface area contributed by atoms with E-state index in [1.807, 2.05) is 0 Å². The zero-order chi connectivity index (χ0) is 7.61. The Balaban J connectivity index is 2.71. The van der Waals surface area contributed by atoms with Crippen molar-refractivity contribution >= 4 is 10.1 Å². The van der Waals surface area contributed by atoms with Crippen molar-refractivity contribution in [2.75, 3.05) is 6.61 Å². The summed E-state index contributed by atoms with van der Waals surface area (Å²) in [6, 6.07) is 0. The molecule has 0 saturated carbocycles. The highest BCUT2D eigenvalue weighted by Crippen LogP contribution is 2.17. The lowest BCUT2D eigenvalue weighted by molar-refractivity contribution is 0.303. The van der Waals surface area contributed by atoms with Crippen molar-refractivity contribution < 1.29 is 17.0 Å². The Hall–Kier alpha value is -0.160. The lowest BCUT2D eigenvalue weighted by Gasteiger charge is -2.02. The third-order valence-electron chi connectivity index (χ3n) is 1.39. The van der Waals surface area contributed by atoms with E-state index in [-0.39, 0.29) is 13.0 Å². The summed E-state index contributed by atoms with van der Waals surface area (Å²) >= 11 is 0. The SMILES string of the molecule is O=S1(=O)OCCCCC1F. The molecule has 1 fully saturated rings. The maximum absolute atomic E-state index is 12.5. The molecule has 60 valence electrons. The van der Waals surface area contributed by atoms with Crippen LogP contribution in [0.4, 0.5) is 4.39 Å². The molecule has 0 aliphatic carbocycles. The zero-order valence-corrected chi connectivity index (χ0v) is 6.23. The Morgan fingerprint density at radius 3 is 2.80 bits per heavy atom. The molecule has 3 nitrogen and oxygen atoms in total. The summed E-state index contributed by atoms with van der Waals surface area (Å²) in [6.07, 6.45) is 1.28. The van der Waals surface area contributed by atoms with Gasteiger partial charge in [0.2, 0.25) is 5.50 Å². The second-order valence-electron chi connectivity index (χ2n) is 2.22. The molecule has 1 rings (SSSR count). The van der Waals surface area contributed by atoms with Crippen molar-refractivity contribution in [2.45, 2.75) is 24.8 Å². The van der Waals surface area contributed by atoms with Crippen LogP contribution in [-0.2, 0) is 14.3 Å². The summed E-state index contributed by atoms with van der Waals surface area (Å²) in [4.78, 5) is 0. The highest BCUT2D eigenvalue weighted by atomic mass is 32.2. The van der Waals surface area contributed by atoms with Crippen LogP contribution in [0.3, 0.4) is 0 Å². The molecule has 0 aromatic rings. The molecule has 0 aromatic carbocycles. The molecule has 1 unspecified atom stereocenters. The van der Waals surface area contributed by atoms with Crippen molar-refractivity contribution in [1.29, 1.82) is 0 Å². The fraction of sp³-hybridized carbons (Fsp3) is 1.00. The molecular weight excluding hydrogens is 159 g/mol. The molecule has 0 spiro atoms. The van der Waals surface area contributed by atoms with Crippen molar-refractivity contribution in [2.24, 2.45) is 0 Å². The minimum Gasteiger partial charge on any atom is -0.268 e. The molecule has 1 aliphatic heterocycles. The molecule has 10 heavy (non-hydrogen) atoms. The first-order chi connectivity index (χ1) is 4.63. The van der Waals surface area contributed by atoms with Gasteiger partial charge in [0.25, 0.3) is 10.1 Å². The van der Waals surface area contributed by atoms with Crippen molar-refractivity contribution in [3.05, 3.63) is 0 Å². The number of hydrogen-bond acceptors (Lipinski definition) is 3. The number of rotatable bonds is 0. The van der Waals surface area contributed by atoms with Gasteiger partial charge in [0.1, 0.15) is 0 Å². The highest BCUT2D eigenvalue weighted by Gasteiger charge is 2.27. The first kappa shape index (κ1) is 7.94. The predicted molar refractivity (Wildman–Crippen MR) is 33.6 cm³/mol. The molecule has 1 heterocycles. The topological polar surface area (TPSA) is 43.4 Å². The first-order valence-electron chi connectivity index (χ1n) is 3.15. The van der Waals surface area contributed by atoms with Gasteiger partial charge in [-0.1, -0.05) is 0 Å². The van der Waals surface area contributed by atoms with Crippen LogP contribution in [0, 0.1) is 0 Å². The van der Waals surface area contributed by atoms with Crippen LogP contribution in [0.15, 0.2) is 0 Å². The molecule has 1 saturated heterocycles. The monoisotopic (exact) mass is 168 g/mol. The quantitative estimate of drug-likeness (QED) is 0.503. The Morgan fingerprint density at radius 1 is 1.40 bits per heavy atom. The van der Waals surface area contributed by atoms with E-state index < -0.39 is 15.6 Å². The van der Waals surface area contributed by atoms with Gasteiger partial charge in [0.05, 0.1) is 6.61 Å². The molecule has 1 aliphatic rings. The summed E-state index contributed by atoms with van der Waals surface area (Å²) in [6.45, 7) is 0.128. The van der Waals surface area contributed by atoms with Gasteiger partial charge in [-0.3, -0.25) is 4.18 Å². The van der Waals surface area contributed by atoms with Gasteiger partial charge in [-0.25, -0.2) is 4.39 Å². The van der Waals surface area contributed by atoms with E-state index in [0.29, 0.717) is 12.8 Å². The summed E-state index contributed by atoms with van der Waals surface area (Å²) in [5.41, 5.74) is -1.81. The maximum atomic E-state index is 12.5. The average Bonchev–Trinajstić information content (AvgIpc) is 1.96. The van der Waals surface area contributed by atoms with Crippen molar-refractivity contribution in [3.63, 3.8) is 0 Å². The molecule has 0 aromatic heterocycles. The number of hydrogen-bond donors (Lipinski definition) is 0. The maximum Gasteiger partial charge on any atom is 0.299 e. The predicted octanol–water partition coefficient (Wildman–Crippen LogP) is 0.812. The van der Waals surface area contributed by atoms with Gasteiger partial charge >= 0.3 is 0 Å². The van der Waals surface area contributed by atoms with Crippen LogP contribution in [0.5, 0.6) is 0 Å². The van der Waals surface area contributed by atoms with Gasteiger partial charge in [0.15, 0.2) is 0 Å². The van der Waals surface area contributed by atoms with E-state index in [2.05, 4.69) is 4.18 Å². The summed E-state index contributed by atoms with van der Waals surface area (Å²) < 4.78 is 38.0. The summed E-state index contributed by atoms with van der Waals surface area (Å²) in [7, 11) is -3.86. The lowest BCUT2D eigenvalue weighted by atomic mass is 10.3. The Labute approximate surface area is 59.3 Å². The molecule has 0 N–H and O–H groups in total. The van der Waals surface area contributed by atoms with E-state index in [1.165, 1.54) is 0 Å². The fourth-order valence-electron chi connectivity index (χ4n) is 0.800. The number of alkyl halides is 1. The largest absolute Gasteiger partial charge is 0.299 e. The van der Waals surface area contributed by atoms with E-state index in [1.54, 1.807) is 0 Å². The van der Waals surface area contributed by atoms with Crippen LogP contribution in [-0.4, -0.2) is 20.5 Å². The van der Waals surface area contributed by atoms with Crippen LogP contribution < -0.4 is 0 Å². The van der Waals surface area contributed by atoms with Crippen LogP contribution in [0.2, 0.25) is 0 Å². The lowest BCUT2D eigenvalue weighted by Crippen LogP contribution is -2.16. The number of halogens is 1. The van der Waals surface area contributed by atoms with Crippen molar-refractivity contribution in [3.8, 4) is 0 Å². The minimum absolute atomic E-state index is 0.0718. The summed E-state index contributed by atoms with van der Waals surface area (Å²) in [5, 5.41) is 0. The Bertz CT molecular complexity index is 199. The molecule has 0 amide bonds. The minimum atomic E-state index is -3.86. The van der Waals surface area contributed by atoms with Gasteiger partial charge in [-0.2, -0.15) is 8.42 Å². The molecule has 5 heteroatoms. The molecule has 0 radical (unpaired) electrons. The van der Waals surface area contributed by atoms with Crippen LogP contribution in [0.25, 0.3) is 0 Å². The van der Waals surface area contributed by atoms with Gasteiger partial charge < -0.3 is 0 Å². The normalized spacial score (nSPS) is 33.1. The fourth-order valence-corrected chi connectivity index (χ4v) is 1.75. The Morgan fingerprint density at radius 2 is 2.10 bits per heavy atom. The highest BCUT2D eigenvalue weighted by molar-refractivity contribution is 7.87. The van der Waals surface area contributed by atoms with E-state index >= 15 is 0 Å². The smallest absolute Gasteiger partial charge is 0.268 e. The summed E-state index contributed by atoms with van der Waals surface area (Å²) in [5.74, 6) is 0. The standard InChI is InChI=1S/C5H9FO3S/c6-5-3-1-2-4-9-10(5,7)8/h5H,1-4H2. The van der Waals surface area contributed by atoms with E-state index in [0.717, 1.165) is 0 Å². The molecular formula is C5H9FO3S. The molecule has 1 atom stereocenters. The first-order valence-corrected chi connectivity index (χ1v) is 4.62. The van der Waals surface area contributed by atoms with Gasteiger partial charge in [0, 0.05) is 0 Å². The zero-order valence-electron chi connectivity index (χ0n) is 5.42. The van der Waals surface area contributed by atoms with Gasteiger partial charge in [-0.05, 0) is 19.3 Å². The third-order valence-corrected chi connectivity index (χ3v) is 2.74. The second kappa shape index (κ2) is 2.84. The third kappa shape index (κ3) is 1.67. The Kier molecular flexibility index (Phi) is 2.25. The molecule has 0 bridgehead atoms. The van der Waals surface area contributed by atoms with Crippen LogP contribution in [0.1, 0.15) is 19.3 Å². The average molecular weight is 168 g/mol. The van der Waals surface area contributed by atoms with E-state index in [9.17, 15) is 12.8 Å².